The van der Waals surface area contributed by atoms with Crippen molar-refractivity contribution in [2.45, 2.75) is 70.9 Å². The van der Waals surface area contributed by atoms with Crippen molar-refractivity contribution in [1.82, 2.24) is 4.90 Å². The van der Waals surface area contributed by atoms with Gasteiger partial charge in [-0.2, -0.15) is 0 Å². The first-order valence-electron chi connectivity index (χ1n) is 9.60. The number of benzene rings is 1. The van der Waals surface area contributed by atoms with Crippen LogP contribution in [0.1, 0.15) is 58.9 Å². The maximum Gasteiger partial charge on any atom is 0.215 e. The van der Waals surface area contributed by atoms with E-state index in [1.54, 1.807) is 0 Å². The highest BCUT2D eigenvalue weighted by atomic mass is 16.6. The molecular formula is C21H31NO3. The Kier molecular flexibility index (Phi) is 5.12. The largest absolute Gasteiger partial charge is 0.491 e. The van der Waals surface area contributed by atoms with Crippen molar-refractivity contribution in [1.29, 1.82) is 0 Å². The van der Waals surface area contributed by atoms with Crippen molar-refractivity contribution in [2.75, 3.05) is 13.1 Å². The summed E-state index contributed by atoms with van der Waals surface area (Å²) < 4.78 is 12.1. The van der Waals surface area contributed by atoms with Crippen LogP contribution in [0.4, 0.5) is 0 Å². The topological polar surface area (TPSA) is 41.9 Å². The van der Waals surface area contributed by atoms with E-state index in [4.69, 9.17) is 9.47 Å². The Morgan fingerprint density at radius 3 is 2.24 bits per heavy atom. The molecule has 1 heterocycles. The first kappa shape index (κ1) is 18.3. The Morgan fingerprint density at radius 2 is 1.72 bits per heavy atom. The molecule has 4 nitrogen and oxygen atoms in total. The molecule has 0 amide bonds. The van der Waals surface area contributed by atoms with Crippen molar-refractivity contribution in [3.63, 3.8) is 0 Å². The van der Waals surface area contributed by atoms with Crippen LogP contribution in [0.5, 0.6) is 5.75 Å². The van der Waals surface area contributed by atoms with Crippen LogP contribution in [-0.2, 0) is 10.5 Å². The summed E-state index contributed by atoms with van der Waals surface area (Å²) in [4.78, 5) is 2.32. The molecule has 1 spiro atoms. The highest BCUT2D eigenvalue weighted by Gasteiger charge is 2.52. The third kappa shape index (κ3) is 3.42. The molecule has 3 rings (SSSR count). The van der Waals surface area contributed by atoms with E-state index < -0.39 is 5.79 Å². The van der Waals surface area contributed by atoms with Crippen molar-refractivity contribution in [2.24, 2.45) is 0 Å². The Bertz CT molecular complexity index is 613. The van der Waals surface area contributed by atoms with Crippen LogP contribution < -0.4 is 4.74 Å². The second kappa shape index (κ2) is 7.00. The van der Waals surface area contributed by atoms with Crippen LogP contribution in [0.25, 0.3) is 0 Å². The second-order valence-electron chi connectivity index (χ2n) is 7.39. The summed E-state index contributed by atoms with van der Waals surface area (Å²) in [6, 6.07) is 7.62. The van der Waals surface area contributed by atoms with Gasteiger partial charge < -0.3 is 19.5 Å². The summed E-state index contributed by atoms with van der Waals surface area (Å²) in [5, 5.41) is 11.3. The summed E-state index contributed by atoms with van der Waals surface area (Å²) in [5.74, 6) is -0.553. The SMILES string of the molecule is CCN(CC)C1=CC(O)(c2ccc(OC(C)C)cc2)OC12CCCC2. The number of ether oxygens (including phenoxy) is 2. The number of aliphatic hydroxyl groups is 1. The Hall–Kier alpha value is -1.52. The summed E-state index contributed by atoms with van der Waals surface area (Å²) in [6.45, 7) is 10.2. The molecule has 1 fully saturated rings. The average Bonchev–Trinajstić information content (AvgIpc) is 3.15. The van der Waals surface area contributed by atoms with Crippen LogP contribution in [0, 0.1) is 0 Å². The molecule has 0 aromatic heterocycles. The molecule has 1 atom stereocenters. The van der Waals surface area contributed by atoms with Crippen LogP contribution >= 0.6 is 0 Å². The zero-order chi connectivity index (χ0) is 18.1. The normalized spacial score (nSPS) is 24.8. The van der Waals surface area contributed by atoms with Gasteiger partial charge in [-0.3, -0.25) is 0 Å². The van der Waals surface area contributed by atoms with E-state index in [9.17, 15) is 5.11 Å². The summed E-state index contributed by atoms with van der Waals surface area (Å²) in [5.41, 5.74) is 1.57. The molecule has 0 saturated heterocycles. The monoisotopic (exact) mass is 345 g/mol. The van der Waals surface area contributed by atoms with Gasteiger partial charge in [-0.25, -0.2) is 0 Å². The van der Waals surface area contributed by atoms with Crippen molar-refractivity contribution in [3.8, 4) is 5.75 Å². The Balaban J connectivity index is 1.92. The average molecular weight is 345 g/mol. The molecule has 0 radical (unpaired) electrons. The number of hydrogen-bond donors (Lipinski definition) is 1. The predicted octanol–water partition coefficient (Wildman–Crippen LogP) is 4.19. The van der Waals surface area contributed by atoms with E-state index in [1.165, 1.54) is 0 Å². The van der Waals surface area contributed by atoms with Gasteiger partial charge in [-0.15, -0.1) is 0 Å². The summed E-state index contributed by atoms with van der Waals surface area (Å²) in [6.07, 6.45) is 6.32. The first-order chi connectivity index (χ1) is 11.9. The molecule has 138 valence electrons. The fourth-order valence-corrected chi connectivity index (χ4v) is 4.13. The second-order valence-corrected chi connectivity index (χ2v) is 7.39. The molecule has 1 unspecified atom stereocenters. The van der Waals surface area contributed by atoms with Crippen molar-refractivity contribution >= 4 is 0 Å². The number of nitrogens with zero attached hydrogens (tertiary/aromatic N) is 1. The molecular weight excluding hydrogens is 314 g/mol. The predicted molar refractivity (Wildman–Crippen MR) is 99.4 cm³/mol. The first-order valence-corrected chi connectivity index (χ1v) is 9.60. The summed E-state index contributed by atoms with van der Waals surface area (Å²) >= 11 is 0. The molecule has 2 aliphatic rings. The highest BCUT2D eigenvalue weighted by molar-refractivity contribution is 5.37. The molecule has 1 aromatic rings. The van der Waals surface area contributed by atoms with Crippen LogP contribution in [0.15, 0.2) is 36.0 Å². The quantitative estimate of drug-likeness (QED) is 0.839. The highest BCUT2D eigenvalue weighted by Crippen LogP contribution is 2.51. The van der Waals surface area contributed by atoms with E-state index in [1.807, 2.05) is 44.2 Å². The molecule has 4 heteroatoms. The van der Waals surface area contributed by atoms with E-state index in [0.717, 1.165) is 55.8 Å². The van der Waals surface area contributed by atoms with E-state index in [2.05, 4.69) is 18.7 Å². The third-order valence-corrected chi connectivity index (χ3v) is 5.31. The molecule has 1 aromatic carbocycles. The van der Waals surface area contributed by atoms with Gasteiger partial charge in [0.25, 0.3) is 0 Å². The number of hydrogen-bond acceptors (Lipinski definition) is 4. The molecule has 1 aliphatic heterocycles. The minimum atomic E-state index is -1.36. The maximum absolute atomic E-state index is 11.3. The van der Waals surface area contributed by atoms with E-state index >= 15 is 0 Å². The minimum absolute atomic E-state index is 0.132. The number of rotatable bonds is 6. The van der Waals surface area contributed by atoms with Gasteiger partial charge in [0, 0.05) is 30.4 Å². The lowest BCUT2D eigenvalue weighted by Crippen LogP contribution is -2.39. The standard InChI is InChI=1S/C21H31NO3/c1-5-22(6-2)19-15-21(23,25-20(19)13-7-8-14-20)17-9-11-18(12-10-17)24-16(3)4/h9-12,15-16,23H,5-8,13-14H2,1-4H3. The van der Waals surface area contributed by atoms with Crippen LogP contribution in [0.3, 0.4) is 0 Å². The van der Waals surface area contributed by atoms with E-state index in [0.29, 0.717) is 0 Å². The zero-order valence-electron chi connectivity index (χ0n) is 15.9. The van der Waals surface area contributed by atoms with Gasteiger partial charge >= 0.3 is 0 Å². The Labute approximate surface area is 151 Å². The zero-order valence-corrected chi connectivity index (χ0v) is 15.9. The lowest BCUT2D eigenvalue weighted by molar-refractivity contribution is -0.216. The number of likely N-dealkylation sites (N-methyl/N-ethyl adjacent to an activating group) is 1. The molecule has 1 aliphatic carbocycles. The van der Waals surface area contributed by atoms with Crippen molar-refractivity contribution in [3.05, 3.63) is 41.6 Å². The minimum Gasteiger partial charge on any atom is -0.491 e. The van der Waals surface area contributed by atoms with Crippen molar-refractivity contribution < 1.29 is 14.6 Å². The van der Waals surface area contributed by atoms with Gasteiger partial charge in [-0.05, 0) is 64.8 Å². The molecule has 1 saturated carbocycles. The fraction of sp³-hybridized carbons (Fsp3) is 0.619. The molecule has 0 bridgehead atoms. The van der Waals surface area contributed by atoms with Gasteiger partial charge in [0.2, 0.25) is 5.79 Å². The van der Waals surface area contributed by atoms with E-state index in [-0.39, 0.29) is 11.7 Å². The summed E-state index contributed by atoms with van der Waals surface area (Å²) in [7, 11) is 0. The fourth-order valence-electron chi connectivity index (χ4n) is 4.13. The molecule has 1 N–H and O–H groups in total. The maximum atomic E-state index is 11.3. The van der Waals surface area contributed by atoms with Crippen LogP contribution in [-0.4, -0.2) is 34.8 Å². The lowest BCUT2D eigenvalue weighted by atomic mass is 9.97. The van der Waals surface area contributed by atoms with Gasteiger partial charge in [0.15, 0.2) is 0 Å². The van der Waals surface area contributed by atoms with Gasteiger partial charge in [0.1, 0.15) is 11.4 Å². The Morgan fingerprint density at radius 1 is 1.12 bits per heavy atom. The third-order valence-electron chi connectivity index (χ3n) is 5.31. The van der Waals surface area contributed by atoms with Gasteiger partial charge in [-0.1, -0.05) is 12.8 Å². The molecule has 25 heavy (non-hydrogen) atoms. The smallest absolute Gasteiger partial charge is 0.215 e. The van der Waals surface area contributed by atoms with Gasteiger partial charge in [0.05, 0.1) is 6.10 Å². The lowest BCUT2D eigenvalue weighted by Gasteiger charge is -2.35. The van der Waals surface area contributed by atoms with Crippen LogP contribution in [0.2, 0.25) is 0 Å².